The molecule has 0 aromatic carbocycles. The molecule has 0 amide bonds. The van der Waals surface area contributed by atoms with E-state index in [1.165, 1.54) is 6.33 Å². The molecule has 2 rings (SSSR count). The van der Waals surface area contributed by atoms with E-state index < -0.39 is 6.10 Å². The van der Waals surface area contributed by atoms with Crippen LogP contribution in [-0.2, 0) is 0 Å². The van der Waals surface area contributed by atoms with E-state index in [-0.39, 0.29) is 11.6 Å². The predicted molar refractivity (Wildman–Crippen MR) is 52.1 cm³/mol. The normalized spacial score (nSPS) is 26.7. The Labute approximate surface area is 82.2 Å². The minimum absolute atomic E-state index is 0.0362. The maximum absolute atomic E-state index is 11.7. The number of hydrogen-bond acceptors (Lipinski definition) is 3. The molecule has 4 nitrogen and oxygen atoms in total. The predicted octanol–water partition coefficient (Wildman–Crippen LogP) is 0.638. The Morgan fingerprint density at radius 3 is 3.00 bits per heavy atom. The summed E-state index contributed by atoms with van der Waals surface area (Å²) in [6.07, 6.45) is 5.31. The van der Waals surface area contributed by atoms with Gasteiger partial charge in [-0.1, -0.05) is 0 Å². The Morgan fingerprint density at radius 2 is 2.36 bits per heavy atom. The molecule has 0 bridgehead atoms. The highest BCUT2D eigenvalue weighted by atomic mass is 16.3. The third-order valence-electron chi connectivity index (χ3n) is 2.83. The fourth-order valence-corrected chi connectivity index (χ4v) is 2.01. The zero-order valence-corrected chi connectivity index (χ0v) is 8.18. The van der Waals surface area contributed by atoms with Gasteiger partial charge in [0.15, 0.2) is 0 Å². The number of aryl methyl sites for hydroxylation is 1. The highest BCUT2D eigenvalue weighted by Gasteiger charge is 2.27. The van der Waals surface area contributed by atoms with E-state index in [4.69, 9.17) is 0 Å². The molecule has 0 saturated heterocycles. The van der Waals surface area contributed by atoms with Gasteiger partial charge >= 0.3 is 0 Å². The maximum Gasteiger partial charge on any atom is 0.256 e. The van der Waals surface area contributed by atoms with Gasteiger partial charge in [-0.15, -0.1) is 0 Å². The second-order valence-corrected chi connectivity index (χ2v) is 3.85. The van der Waals surface area contributed by atoms with Crippen molar-refractivity contribution in [3.63, 3.8) is 0 Å². The van der Waals surface area contributed by atoms with Crippen molar-refractivity contribution in [2.45, 2.75) is 38.3 Å². The number of aliphatic hydroxyl groups is 1. The molecular formula is C10H14N2O2. The molecular weight excluding hydrogens is 180 g/mol. The van der Waals surface area contributed by atoms with Gasteiger partial charge in [0.2, 0.25) is 0 Å². The van der Waals surface area contributed by atoms with Crippen molar-refractivity contribution in [3.05, 3.63) is 28.4 Å². The van der Waals surface area contributed by atoms with E-state index in [2.05, 4.69) is 4.98 Å². The van der Waals surface area contributed by atoms with Crippen LogP contribution in [0, 0.1) is 6.92 Å². The van der Waals surface area contributed by atoms with Gasteiger partial charge in [-0.05, 0) is 26.2 Å². The number of hydrogen-bond donors (Lipinski definition) is 1. The number of aromatic nitrogens is 2. The van der Waals surface area contributed by atoms with Gasteiger partial charge in [-0.3, -0.25) is 9.36 Å². The third-order valence-corrected chi connectivity index (χ3v) is 2.83. The van der Waals surface area contributed by atoms with Crippen molar-refractivity contribution in [2.75, 3.05) is 0 Å². The van der Waals surface area contributed by atoms with E-state index in [9.17, 15) is 9.90 Å². The Hall–Kier alpha value is -1.16. The van der Waals surface area contributed by atoms with E-state index in [0.29, 0.717) is 5.56 Å². The lowest BCUT2D eigenvalue weighted by atomic mass is 10.2. The summed E-state index contributed by atoms with van der Waals surface area (Å²) in [4.78, 5) is 15.7. The van der Waals surface area contributed by atoms with Gasteiger partial charge in [0, 0.05) is 11.8 Å². The summed E-state index contributed by atoms with van der Waals surface area (Å²) in [6.45, 7) is 1.74. The first-order valence-corrected chi connectivity index (χ1v) is 4.91. The molecule has 14 heavy (non-hydrogen) atoms. The van der Waals surface area contributed by atoms with Crippen molar-refractivity contribution >= 4 is 0 Å². The number of nitrogens with zero attached hydrogens (tertiary/aromatic N) is 2. The summed E-state index contributed by atoms with van der Waals surface area (Å²) in [5, 5.41) is 9.67. The lowest BCUT2D eigenvalue weighted by Crippen LogP contribution is -2.30. The smallest absolute Gasteiger partial charge is 0.256 e. The summed E-state index contributed by atoms with van der Waals surface area (Å²) in [7, 11) is 0. The molecule has 2 unspecified atom stereocenters. The molecule has 4 heteroatoms. The first-order valence-electron chi connectivity index (χ1n) is 4.91. The average molecular weight is 194 g/mol. The lowest BCUT2D eigenvalue weighted by molar-refractivity contribution is 0.134. The summed E-state index contributed by atoms with van der Waals surface area (Å²) in [6, 6.07) is -0.0742. The molecule has 1 N–H and O–H groups in total. The largest absolute Gasteiger partial charge is 0.391 e. The van der Waals surface area contributed by atoms with E-state index >= 15 is 0 Å². The molecule has 1 aromatic rings. The number of aliphatic hydroxyl groups excluding tert-OH is 1. The fraction of sp³-hybridized carbons (Fsp3) is 0.600. The minimum Gasteiger partial charge on any atom is -0.391 e. The highest BCUT2D eigenvalue weighted by Crippen LogP contribution is 2.28. The topological polar surface area (TPSA) is 55.1 Å². The van der Waals surface area contributed by atoms with Crippen molar-refractivity contribution in [1.82, 2.24) is 9.55 Å². The summed E-state index contributed by atoms with van der Waals surface area (Å²) < 4.78 is 1.56. The second kappa shape index (κ2) is 3.53. The Morgan fingerprint density at radius 1 is 1.57 bits per heavy atom. The Kier molecular flexibility index (Phi) is 2.37. The van der Waals surface area contributed by atoms with Gasteiger partial charge < -0.3 is 5.11 Å². The first kappa shape index (κ1) is 9.40. The zero-order valence-electron chi connectivity index (χ0n) is 8.18. The van der Waals surface area contributed by atoms with Crippen LogP contribution < -0.4 is 5.56 Å². The van der Waals surface area contributed by atoms with Crippen LogP contribution in [0.25, 0.3) is 0 Å². The molecule has 76 valence electrons. The molecule has 2 atom stereocenters. The molecule has 1 aliphatic rings. The van der Waals surface area contributed by atoms with Crippen LogP contribution in [0.2, 0.25) is 0 Å². The molecule has 1 fully saturated rings. The fourth-order valence-electron chi connectivity index (χ4n) is 2.01. The highest BCUT2D eigenvalue weighted by molar-refractivity contribution is 5.02. The average Bonchev–Trinajstić information content (AvgIpc) is 2.57. The molecule has 1 saturated carbocycles. The van der Waals surface area contributed by atoms with Crippen LogP contribution in [0.15, 0.2) is 17.3 Å². The van der Waals surface area contributed by atoms with Crippen molar-refractivity contribution in [3.8, 4) is 0 Å². The summed E-state index contributed by atoms with van der Waals surface area (Å²) in [5.74, 6) is 0. The monoisotopic (exact) mass is 194 g/mol. The van der Waals surface area contributed by atoms with Crippen molar-refractivity contribution in [1.29, 1.82) is 0 Å². The summed E-state index contributed by atoms with van der Waals surface area (Å²) in [5.41, 5.74) is 0.595. The van der Waals surface area contributed by atoms with Crippen LogP contribution in [0.4, 0.5) is 0 Å². The molecule has 0 spiro atoms. The second-order valence-electron chi connectivity index (χ2n) is 3.85. The van der Waals surface area contributed by atoms with Gasteiger partial charge in [0.25, 0.3) is 5.56 Å². The Balaban J connectivity index is 2.41. The standard InChI is InChI=1S/C10H14N2O2/c1-7-5-11-6-12(10(7)14)8-3-2-4-9(8)13/h5-6,8-9,13H,2-4H2,1H3. The van der Waals surface area contributed by atoms with Gasteiger partial charge in [0.1, 0.15) is 0 Å². The van der Waals surface area contributed by atoms with Crippen LogP contribution in [-0.4, -0.2) is 20.8 Å². The van der Waals surface area contributed by atoms with Crippen molar-refractivity contribution < 1.29 is 5.11 Å². The molecule has 0 aliphatic heterocycles. The van der Waals surface area contributed by atoms with Crippen LogP contribution in [0.1, 0.15) is 30.9 Å². The van der Waals surface area contributed by atoms with E-state index in [1.54, 1.807) is 17.7 Å². The maximum atomic E-state index is 11.7. The van der Waals surface area contributed by atoms with Crippen LogP contribution >= 0.6 is 0 Å². The van der Waals surface area contributed by atoms with Gasteiger partial charge in [-0.2, -0.15) is 0 Å². The van der Waals surface area contributed by atoms with E-state index in [0.717, 1.165) is 19.3 Å². The number of rotatable bonds is 1. The molecule has 1 heterocycles. The quantitative estimate of drug-likeness (QED) is 0.713. The Bertz CT molecular complexity index is 386. The molecule has 1 aliphatic carbocycles. The molecule has 1 aromatic heterocycles. The first-order chi connectivity index (χ1) is 6.70. The van der Waals surface area contributed by atoms with E-state index in [1.807, 2.05) is 0 Å². The lowest BCUT2D eigenvalue weighted by Gasteiger charge is -2.17. The van der Waals surface area contributed by atoms with Crippen molar-refractivity contribution in [2.24, 2.45) is 0 Å². The zero-order chi connectivity index (χ0) is 10.1. The molecule has 0 radical (unpaired) electrons. The van der Waals surface area contributed by atoms with Crippen LogP contribution in [0.5, 0.6) is 0 Å². The minimum atomic E-state index is -0.392. The SMILES string of the molecule is Cc1cncn(C2CCCC2O)c1=O. The van der Waals surface area contributed by atoms with Gasteiger partial charge in [-0.25, -0.2) is 4.98 Å². The van der Waals surface area contributed by atoms with Gasteiger partial charge in [0.05, 0.1) is 18.5 Å². The van der Waals surface area contributed by atoms with Crippen LogP contribution in [0.3, 0.4) is 0 Å². The third kappa shape index (κ3) is 1.46. The summed E-state index contributed by atoms with van der Waals surface area (Å²) >= 11 is 0.